The van der Waals surface area contributed by atoms with Crippen LogP contribution in [0.1, 0.15) is 25.7 Å². The first-order chi connectivity index (χ1) is 4.72. The van der Waals surface area contributed by atoms with Crippen LogP contribution in [-0.2, 0) is 0 Å². The zero-order chi connectivity index (χ0) is 7.56. The molecule has 0 heterocycles. The van der Waals surface area contributed by atoms with Crippen LogP contribution >= 0.6 is 0 Å². The van der Waals surface area contributed by atoms with E-state index >= 15 is 0 Å². The van der Waals surface area contributed by atoms with Crippen molar-refractivity contribution in [3.63, 3.8) is 0 Å². The summed E-state index contributed by atoms with van der Waals surface area (Å²) < 4.78 is 23.9. The third kappa shape index (κ3) is 1.66. The molecule has 3 heteroatoms. The van der Waals surface area contributed by atoms with Gasteiger partial charge in [-0.3, -0.25) is 0 Å². The SMILES string of the molecule is N[C@@H](C(F)F)C1CCCC1. The molecule has 0 aliphatic heterocycles. The van der Waals surface area contributed by atoms with Crippen LogP contribution in [0.2, 0.25) is 0 Å². The highest BCUT2D eigenvalue weighted by Crippen LogP contribution is 2.28. The molecule has 10 heavy (non-hydrogen) atoms. The predicted octanol–water partition coefficient (Wildman–Crippen LogP) is 1.77. The average Bonchev–Trinajstić information content (AvgIpc) is 2.36. The van der Waals surface area contributed by atoms with Crippen LogP contribution in [0, 0.1) is 5.92 Å². The molecule has 0 aromatic heterocycles. The van der Waals surface area contributed by atoms with E-state index < -0.39 is 12.5 Å². The van der Waals surface area contributed by atoms with E-state index in [1.807, 2.05) is 0 Å². The van der Waals surface area contributed by atoms with Gasteiger partial charge in [0, 0.05) is 0 Å². The van der Waals surface area contributed by atoms with Crippen molar-refractivity contribution in [2.45, 2.75) is 38.2 Å². The van der Waals surface area contributed by atoms with Crippen molar-refractivity contribution >= 4 is 0 Å². The van der Waals surface area contributed by atoms with Crippen LogP contribution < -0.4 is 5.73 Å². The summed E-state index contributed by atoms with van der Waals surface area (Å²) >= 11 is 0. The Hall–Kier alpha value is -0.180. The first-order valence-electron chi connectivity index (χ1n) is 3.75. The number of nitrogens with two attached hydrogens (primary N) is 1. The van der Waals surface area contributed by atoms with Gasteiger partial charge in [0.25, 0.3) is 6.43 Å². The van der Waals surface area contributed by atoms with Crippen molar-refractivity contribution in [1.82, 2.24) is 0 Å². The van der Waals surface area contributed by atoms with Crippen LogP contribution in [0.25, 0.3) is 0 Å². The average molecular weight is 149 g/mol. The Bertz CT molecular complexity index is 99.8. The van der Waals surface area contributed by atoms with Crippen molar-refractivity contribution in [2.24, 2.45) is 11.7 Å². The summed E-state index contributed by atoms with van der Waals surface area (Å²) in [5.41, 5.74) is 5.27. The highest BCUT2D eigenvalue weighted by Gasteiger charge is 2.28. The Kier molecular flexibility index (Phi) is 2.60. The molecule has 0 bridgehead atoms. The highest BCUT2D eigenvalue weighted by atomic mass is 19.3. The lowest BCUT2D eigenvalue weighted by atomic mass is 10.00. The lowest BCUT2D eigenvalue weighted by molar-refractivity contribution is 0.0897. The van der Waals surface area contributed by atoms with Gasteiger partial charge >= 0.3 is 0 Å². The van der Waals surface area contributed by atoms with Gasteiger partial charge in [-0.1, -0.05) is 12.8 Å². The normalized spacial score (nSPS) is 24.0. The van der Waals surface area contributed by atoms with Gasteiger partial charge < -0.3 is 5.73 Å². The second-order valence-corrected chi connectivity index (χ2v) is 2.96. The molecule has 0 aromatic rings. The predicted molar refractivity (Wildman–Crippen MR) is 35.9 cm³/mol. The van der Waals surface area contributed by atoms with E-state index in [4.69, 9.17) is 5.73 Å². The fourth-order valence-corrected chi connectivity index (χ4v) is 1.55. The molecule has 1 aliphatic carbocycles. The van der Waals surface area contributed by atoms with Crippen LogP contribution in [-0.4, -0.2) is 12.5 Å². The van der Waals surface area contributed by atoms with Gasteiger partial charge in [-0.25, -0.2) is 8.78 Å². The first-order valence-corrected chi connectivity index (χ1v) is 3.75. The number of halogens is 2. The molecule has 1 saturated carbocycles. The zero-order valence-corrected chi connectivity index (χ0v) is 5.89. The second kappa shape index (κ2) is 3.28. The Morgan fingerprint density at radius 3 is 2.10 bits per heavy atom. The quantitative estimate of drug-likeness (QED) is 0.636. The number of rotatable bonds is 2. The summed E-state index contributed by atoms with van der Waals surface area (Å²) in [6.45, 7) is 0. The molecule has 0 saturated heterocycles. The summed E-state index contributed by atoms with van der Waals surface area (Å²) in [4.78, 5) is 0. The molecule has 0 aromatic carbocycles. The molecule has 1 rings (SSSR count). The Morgan fingerprint density at radius 1 is 1.20 bits per heavy atom. The summed E-state index contributed by atoms with van der Waals surface area (Å²) in [7, 11) is 0. The molecule has 1 nitrogen and oxygen atoms in total. The molecule has 0 unspecified atom stereocenters. The van der Waals surface area contributed by atoms with Crippen LogP contribution in [0.15, 0.2) is 0 Å². The summed E-state index contributed by atoms with van der Waals surface area (Å²) in [5.74, 6) is 0.0833. The van der Waals surface area contributed by atoms with Crippen LogP contribution in [0.4, 0.5) is 8.78 Å². The molecule has 1 fully saturated rings. The molecule has 1 atom stereocenters. The van der Waals surface area contributed by atoms with E-state index in [1.54, 1.807) is 0 Å². The van der Waals surface area contributed by atoms with Gasteiger partial charge in [0.2, 0.25) is 0 Å². The van der Waals surface area contributed by atoms with Crippen molar-refractivity contribution in [2.75, 3.05) is 0 Å². The van der Waals surface area contributed by atoms with Crippen molar-refractivity contribution < 1.29 is 8.78 Å². The summed E-state index contributed by atoms with van der Waals surface area (Å²) in [6, 6.07) is -0.873. The molecule has 2 N–H and O–H groups in total. The molecule has 1 aliphatic rings. The van der Waals surface area contributed by atoms with E-state index in [9.17, 15) is 8.78 Å². The monoisotopic (exact) mass is 149 g/mol. The lowest BCUT2D eigenvalue weighted by Gasteiger charge is -2.16. The third-order valence-electron chi connectivity index (χ3n) is 2.24. The van der Waals surface area contributed by atoms with Crippen molar-refractivity contribution in [3.8, 4) is 0 Å². The van der Waals surface area contributed by atoms with Gasteiger partial charge in [0.1, 0.15) is 0 Å². The maximum atomic E-state index is 12.0. The van der Waals surface area contributed by atoms with Crippen molar-refractivity contribution in [1.29, 1.82) is 0 Å². The van der Waals surface area contributed by atoms with Gasteiger partial charge in [-0.2, -0.15) is 0 Å². The standard InChI is InChI=1S/C7H13F2N/c8-7(9)6(10)5-3-1-2-4-5/h5-7H,1-4,10H2/t6-/m1/s1. The Morgan fingerprint density at radius 2 is 1.70 bits per heavy atom. The lowest BCUT2D eigenvalue weighted by Crippen LogP contribution is -2.35. The van der Waals surface area contributed by atoms with E-state index in [-0.39, 0.29) is 5.92 Å². The highest BCUT2D eigenvalue weighted by molar-refractivity contribution is 4.79. The molecule has 60 valence electrons. The van der Waals surface area contributed by atoms with Crippen molar-refractivity contribution in [3.05, 3.63) is 0 Å². The van der Waals surface area contributed by atoms with Crippen LogP contribution in [0.5, 0.6) is 0 Å². The minimum Gasteiger partial charge on any atom is -0.323 e. The summed E-state index contributed by atoms with van der Waals surface area (Å²) in [5, 5.41) is 0. The number of alkyl halides is 2. The molecular weight excluding hydrogens is 136 g/mol. The van der Waals surface area contributed by atoms with E-state index in [0.29, 0.717) is 0 Å². The minimum absolute atomic E-state index is 0.0833. The fraction of sp³-hybridized carbons (Fsp3) is 1.00. The molecule has 0 spiro atoms. The third-order valence-corrected chi connectivity index (χ3v) is 2.24. The largest absolute Gasteiger partial charge is 0.323 e. The molecule has 0 radical (unpaired) electrons. The number of hydrogen-bond donors (Lipinski definition) is 1. The maximum Gasteiger partial charge on any atom is 0.253 e. The molecular formula is C7H13F2N. The Balaban J connectivity index is 2.32. The number of hydrogen-bond acceptors (Lipinski definition) is 1. The van der Waals surface area contributed by atoms with E-state index in [1.165, 1.54) is 0 Å². The van der Waals surface area contributed by atoms with Crippen LogP contribution in [0.3, 0.4) is 0 Å². The fourth-order valence-electron chi connectivity index (χ4n) is 1.55. The minimum atomic E-state index is -2.33. The smallest absolute Gasteiger partial charge is 0.253 e. The maximum absolute atomic E-state index is 12.0. The zero-order valence-electron chi connectivity index (χ0n) is 5.89. The van der Waals surface area contributed by atoms with E-state index in [0.717, 1.165) is 25.7 Å². The van der Waals surface area contributed by atoms with Gasteiger partial charge in [0.05, 0.1) is 6.04 Å². The van der Waals surface area contributed by atoms with Gasteiger partial charge in [-0.05, 0) is 18.8 Å². The Labute approximate surface area is 59.6 Å². The van der Waals surface area contributed by atoms with Gasteiger partial charge in [-0.15, -0.1) is 0 Å². The first kappa shape index (κ1) is 7.92. The van der Waals surface area contributed by atoms with E-state index in [2.05, 4.69) is 0 Å². The van der Waals surface area contributed by atoms with Gasteiger partial charge in [0.15, 0.2) is 0 Å². The summed E-state index contributed by atoms with van der Waals surface area (Å²) in [6.07, 6.45) is 1.61. The topological polar surface area (TPSA) is 26.0 Å². The molecule has 0 amide bonds. The second-order valence-electron chi connectivity index (χ2n) is 2.96.